The molecule has 0 radical (unpaired) electrons. The molecule has 1 amide bonds. The number of carbonyl (C=O) groups excluding carboxylic acids is 2. The van der Waals surface area contributed by atoms with E-state index in [1.54, 1.807) is 26.8 Å². The van der Waals surface area contributed by atoms with E-state index in [1.165, 1.54) is 23.1 Å². The summed E-state index contributed by atoms with van der Waals surface area (Å²) in [5, 5.41) is 0. The molecule has 0 aromatic heterocycles. The maximum Gasteiger partial charge on any atom is 0.415 e. The van der Waals surface area contributed by atoms with Gasteiger partial charge < -0.3 is 9.53 Å². The molecule has 0 saturated carbocycles. The van der Waals surface area contributed by atoms with Gasteiger partial charge in [0.05, 0.1) is 5.69 Å². The minimum absolute atomic E-state index is 0.173. The predicted octanol–water partition coefficient (Wildman–Crippen LogP) is 3.93. The van der Waals surface area contributed by atoms with Crippen molar-refractivity contribution >= 4 is 18.1 Å². The Labute approximate surface area is 124 Å². The first kappa shape index (κ1) is 17.1. The topological polar surface area (TPSA) is 46.6 Å². The zero-order valence-electron chi connectivity index (χ0n) is 12.9. The Morgan fingerprint density at radius 2 is 2.10 bits per heavy atom. The highest BCUT2D eigenvalue weighted by Gasteiger charge is 2.28. The Morgan fingerprint density at radius 3 is 2.57 bits per heavy atom. The molecule has 0 N–H and O–H groups in total. The van der Waals surface area contributed by atoms with Gasteiger partial charge in [-0.25, -0.2) is 9.18 Å². The largest absolute Gasteiger partial charge is 0.443 e. The minimum atomic E-state index is -0.665. The van der Waals surface area contributed by atoms with Crippen LogP contribution in [0, 0.1) is 5.82 Å². The fourth-order valence-corrected chi connectivity index (χ4v) is 1.97. The molecule has 116 valence electrons. The van der Waals surface area contributed by atoms with Gasteiger partial charge in [0, 0.05) is 12.5 Å². The first-order valence-electron chi connectivity index (χ1n) is 7.00. The van der Waals surface area contributed by atoms with Crippen molar-refractivity contribution in [2.75, 3.05) is 4.90 Å². The first-order valence-corrected chi connectivity index (χ1v) is 7.00. The van der Waals surface area contributed by atoms with E-state index < -0.39 is 17.5 Å². The molecule has 0 saturated heterocycles. The molecule has 0 heterocycles. The Morgan fingerprint density at radius 1 is 1.43 bits per heavy atom. The van der Waals surface area contributed by atoms with Crippen LogP contribution in [0.2, 0.25) is 0 Å². The van der Waals surface area contributed by atoms with Gasteiger partial charge in [-0.05, 0) is 45.4 Å². The zero-order valence-corrected chi connectivity index (χ0v) is 12.9. The fourth-order valence-electron chi connectivity index (χ4n) is 1.97. The van der Waals surface area contributed by atoms with Gasteiger partial charge in [0.15, 0.2) is 0 Å². The van der Waals surface area contributed by atoms with E-state index in [4.69, 9.17) is 4.74 Å². The number of hydrogen-bond donors (Lipinski definition) is 0. The molecule has 1 aromatic rings. The number of anilines is 1. The van der Waals surface area contributed by atoms with Crippen LogP contribution in [0.1, 0.15) is 40.5 Å². The van der Waals surface area contributed by atoms with Crippen molar-refractivity contribution in [3.05, 3.63) is 30.1 Å². The average Bonchev–Trinajstić information content (AvgIpc) is 2.36. The summed E-state index contributed by atoms with van der Waals surface area (Å²) in [5.74, 6) is -0.443. The monoisotopic (exact) mass is 295 g/mol. The van der Waals surface area contributed by atoms with Gasteiger partial charge in [0.25, 0.3) is 0 Å². The van der Waals surface area contributed by atoms with Crippen LogP contribution in [0.25, 0.3) is 0 Å². The molecule has 0 bridgehead atoms. The third kappa shape index (κ3) is 5.17. The van der Waals surface area contributed by atoms with Crippen LogP contribution in [-0.4, -0.2) is 24.0 Å². The van der Waals surface area contributed by atoms with E-state index in [2.05, 4.69) is 0 Å². The smallest absolute Gasteiger partial charge is 0.415 e. The second-order valence-corrected chi connectivity index (χ2v) is 5.79. The molecule has 1 unspecified atom stereocenters. The molecule has 1 aromatic carbocycles. The molecular formula is C16H22FNO3. The number of ether oxygens (including phenoxy) is 1. The Hall–Kier alpha value is -1.91. The number of nitrogens with zero attached hydrogens (tertiary/aromatic N) is 1. The number of hydrogen-bond acceptors (Lipinski definition) is 3. The van der Waals surface area contributed by atoms with E-state index in [1.807, 2.05) is 6.92 Å². The molecular weight excluding hydrogens is 273 g/mol. The van der Waals surface area contributed by atoms with Crippen LogP contribution in [0.5, 0.6) is 0 Å². The number of benzene rings is 1. The van der Waals surface area contributed by atoms with Crippen LogP contribution in [0.3, 0.4) is 0 Å². The molecule has 1 atom stereocenters. The van der Waals surface area contributed by atoms with Crippen LogP contribution in [-0.2, 0) is 9.53 Å². The zero-order chi connectivity index (χ0) is 16.0. The van der Waals surface area contributed by atoms with Crippen molar-refractivity contribution in [2.45, 2.75) is 52.2 Å². The van der Waals surface area contributed by atoms with Gasteiger partial charge in [0.1, 0.15) is 17.7 Å². The molecule has 1 rings (SSSR count). The van der Waals surface area contributed by atoms with Crippen LogP contribution >= 0.6 is 0 Å². The maximum atomic E-state index is 13.4. The molecule has 5 heteroatoms. The van der Waals surface area contributed by atoms with Crippen molar-refractivity contribution in [3.63, 3.8) is 0 Å². The summed E-state index contributed by atoms with van der Waals surface area (Å²) in [4.78, 5) is 24.6. The van der Waals surface area contributed by atoms with Gasteiger partial charge in [-0.15, -0.1) is 0 Å². The molecule has 0 aliphatic rings. The SMILES string of the molecule is CCC(CC=O)N(C(=O)OC(C)(C)C)c1cccc(F)c1. The van der Waals surface area contributed by atoms with E-state index in [0.717, 1.165) is 6.29 Å². The normalized spacial score (nSPS) is 12.6. The van der Waals surface area contributed by atoms with Crippen molar-refractivity contribution in [1.82, 2.24) is 0 Å². The van der Waals surface area contributed by atoms with Gasteiger partial charge in [0.2, 0.25) is 0 Å². The number of halogens is 1. The summed E-state index contributed by atoms with van der Waals surface area (Å²) in [6, 6.07) is 5.35. The number of rotatable bonds is 5. The summed E-state index contributed by atoms with van der Waals surface area (Å²) in [7, 11) is 0. The highest BCUT2D eigenvalue weighted by atomic mass is 19.1. The fraction of sp³-hybridized carbons (Fsp3) is 0.500. The van der Waals surface area contributed by atoms with Crippen LogP contribution in [0.4, 0.5) is 14.9 Å². The minimum Gasteiger partial charge on any atom is -0.443 e. The lowest BCUT2D eigenvalue weighted by Gasteiger charge is -2.32. The Kier molecular flexibility index (Phi) is 5.88. The highest BCUT2D eigenvalue weighted by molar-refractivity contribution is 5.89. The summed E-state index contributed by atoms with van der Waals surface area (Å²) in [6.07, 6.45) is 0.910. The quantitative estimate of drug-likeness (QED) is 0.773. The van der Waals surface area contributed by atoms with E-state index in [0.29, 0.717) is 12.1 Å². The van der Waals surface area contributed by atoms with Crippen molar-refractivity contribution in [2.24, 2.45) is 0 Å². The summed E-state index contributed by atoms with van der Waals surface area (Å²) >= 11 is 0. The Bertz CT molecular complexity index is 497. The number of amides is 1. The van der Waals surface area contributed by atoms with Gasteiger partial charge in [-0.1, -0.05) is 13.0 Å². The average molecular weight is 295 g/mol. The lowest BCUT2D eigenvalue weighted by Crippen LogP contribution is -2.43. The molecule has 0 aliphatic carbocycles. The van der Waals surface area contributed by atoms with Crippen LogP contribution < -0.4 is 4.90 Å². The second-order valence-electron chi connectivity index (χ2n) is 5.79. The van der Waals surface area contributed by atoms with Crippen LogP contribution in [0.15, 0.2) is 24.3 Å². The number of carbonyl (C=O) groups is 2. The lowest BCUT2D eigenvalue weighted by atomic mass is 10.1. The van der Waals surface area contributed by atoms with Gasteiger partial charge >= 0.3 is 6.09 Å². The molecule has 0 spiro atoms. The summed E-state index contributed by atoms with van der Waals surface area (Å²) in [6.45, 7) is 7.14. The van der Waals surface area contributed by atoms with Gasteiger partial charge in [-0.2, -0.15) is 0 Å². The van der Waals surface area contributed by atoms with E-state index in [9.17, 15) is 14.0 Å². The van der Waals surface area contributed by atoms with E-state index in [-0.39, 0.29) is 12.5 Å². The van der Waals surface area contributed by atoms with Crippen molar-refractivity contribution < 1.29 is 18.7 Å². The molecule has 21 heavy (non-hydrogen) atoms. The summed E-state index contributed by atoms with van der Waals surface area (Å²) in [5.41, 5.74) is -0.278. The molecule has 4 nitrogen and oxygen atoms in total. The van der Waals surface area contributed by atoms with Crippen molar-refractivity contribution in [3.8, 4) is 0 Å². The van der Waals surface area contributed by atoms with Gasteiger partial charge in [-0.3, -0.25) is 4.90 Å². The van der Waals surface area contributed by atoms with E-state index >= 15 is 0 Å². The number of aldehydes is 1. The molecule has 0 aliphatic heterocycles. The third-order valence-electron chi connectivity index (χ3n) is 2.88. The first-order chi connectivity index (χ1) is 9.78. The summed E-state index contributed by atoms with van der Waals surface area (Å²) < 4.78 is 18.8. The van der Waals surface area contributed by atoms with Crippen molar-refractivity contribution in [1.29, 1.82) is 0 Å². The maximum absolute atomic E-state index is 13.4. The standard InChI is InChI=1S/C16H22FNO3/c1-5-13(9-10-19)18(15(20)21-16(2,3)4)14-8-6-7-12(17)11-14/h6-8,10-11,13H,5,9H2,1-4H3. The third-order valence-corrected chi connectivity index (χ3v) is 2.88. The molecule has 0 fully saturated rings. The Balaban J connectivity index is 3.15. The second kappa shape index (κ2) is 7.20. The lowest BCUT2D eigenvalue weighted by molar-refractivity contribution is -0.108. The highest BCUT2D eigenvalue weighted by Crippen LogP contribution is 2.24. The predicted molar refractivity (Wildman–Crippen MR) is 79.9 cm³/mol.